The highest BCUT2D eigenvalue weighted by molar-refractivity contribution is 6.19. The van der Waals surface area contributed by atoms with Crippen LogP contribution in [0.1, 0.15) is 27.7 Å². The third kappa shape index (κ3) is 3.19. The molecule has 1 aliphatic heterocycles. The molecule has 1 heterocycles. The second-order valence-corrected chi connectivity index (χ2v) is 4.26. The Morgan fingerprint density at radius 2 is 2.18 bits per heavy atom. The molecule has 1 aliphatic rings. The van der Waals surface area contributed by atoms with Crippen molar-refractivity contribution in [2.45, 2.75) is 27.7 Å². The molecule has 0 spiro atoms. The lowest BCUT2D eigenvalue weighted by Crippen LogP contribution is -2.30. The predicted molar refractivity (Wildman–Crippen MR) is 63.2 cm³/mol. The number of ether oxygens (including phenoxy) is 2. The van der Waals surface area contributed by atoms with Gasteiger partial charge in [0.2, 0.25) is 0 Å². The van der Waals surface area contributed by atoms with Gasteiger partial charge in [0.25, 0.3) is 0 Å². The van der Waals surface area contributed by atoms with Crippen LogP contribution in [0.15, 0.2) is 23.0 Å². The summed E-state index contributed by atoms with van der Waals surface area (Å²) in [6.45, 7) is 7.74. The van der Waals surface area contributed by atoms with Crippen molar-refractivity contribution in [2.24, 2.45) is 5.92 Å². The largest absolute Gasteiger partial charge is 0.492 e. The lowest BCUT2D eigenvalue weighted by molar-refractivity contribution is -0.141. The zero-order valence-electron chi connectivity index (χ0n) is 10.7. The molecule has 0 aromatic rings. The Bertz CT molecular complexity index is 386. The fourth-order valence-corrected chi connectivity index (χ4v) is 1.51. The fraction of sp³-hybridized carbons (Fsp3) is 0.538. The minimum absolute atomic E-state index is 0.0341. The smallest absolute Gasteiger partial charge is 0.345 e. The first-order valence-electron chi connectivity index (χ1n) is 5.70. The minimum Gasteiger partial charge on any atom is -0.492 e. The van der Waals surface area contributed by atoms with Gasteiger partial charge in [0, 0.05) is 0 Å². The summed E-state index contributed by atoms with van der Waals surface area (Å²) in [5.74, 6) is -0.783. The van der Waals surface area contributed by atoms with Crippen LogP contribution < -0.4 is 0 Å². The van der Waals surface area contributed by atoms with E-state index in [9.17, 15) is 9.59 Å². The molecule has 0 aromatic heterocycles. The summed E-state index contributed by atoms with van der Waals surface area (Å²) in [5.41, 5.74) is 0.996. The zero-order valence-corrected chi connectivity index (χ0v) is 10.7. The van der Waals surface area contributed by atoms with Gasteiger partial charge in [0.1, 0.15) is 11.3 Å². The molecule has 4 heteroatoms. The molecule has 0 aromatic carbocycles. The Hall–Kier alpha value is -1.58. The molecule has 0 saturated heterocycles. The number of rotatable bonds is 3. The number of hydrogen-bond acceptors (Lipinski definition) is 4. The molecule has 0 radical (unpaired) electrons. The fourth-order valence-electron chi connectivity index (χ4n) is 1.51. The first-order valence-corrected chi connectivity index (χ1v) is 5.70. The Balaban J connectivity index is 3.17. The highest BCUT2D eigenvalue weighted by Gasteiger charge is 2.32. The van der Waals surface area contributed by atoms with Gasteiger partial charge >= 0.3 is 5.97 Å². The van der Waals surface area contributed by atoms with Gasteiger partial charge in [-0.1, -0.05) is 12.5 Å². The predicted octanol–water partition coefficient (Wildman–Crippen LogP) is 2.01. The van der Waals surface area contributed by atoms with Gasteiger partial charge in [-0.2, -0.15) is 0 Å². The van der Waals surface area contributed by atoms with Crippen LogP contribution in [-0.4, -0.2) is 25.0 Å². The quantitative estimate of drug-likeness (QED) is 0.557. The third-order valence-electron chi connectivity index (χ3n) is 2.33. The summed E-state index contributed by atoms with van der Waals surface area (Å²) in [4.78, 5) is 23.7. The summed E-state index contributed by atoms with van der Waals surface area (Å²) in [6.07, 6.45) is 1.69. The number of allylic oxidation sites excluding steroid dienone is 2. The van der Waals surface area contributed by atoms with Crippen molar-refractivity contribution >= 4 is 11.8 Å². The second-order valence-electron chi connectivity index (χ2n) is 4.26. The number of hydrogen-bond donors (Lipinski definition) is 0. The Labute approximate surface area is 101 Å². The third-order valence-corrected chi connectivity index (χ3v) is 2.33. The molecule has 0 N–H and O–H groups in total. The van der Waals surface area contributed by atoms with Gasteiger partial charge in [0.05, 0.1) is 19.1 Å². The van der Waals surface area contributed by atoms with E-state index >= 15 is 0 Å². The molecule has 1 atom stereocenters. The van der Waals surface area contributed by atoms with E-state index in [2.05, 4.69) is 0 Å². The van der Waals surface area contributed by atoms with Crippen LogP contribution in [0.4, 0.5) is 0 Å². The Morgan fingerprint density at radius 3 is 2.71 bits per heavy atom. The number of ketones is 1. The minimum atomic E-state index is -0.600. The molecule has 4 nitrogen and oxygen atoms in total. The van der Waals surface area contributed by atoms with E-state index in [0.717, 1.165) is 5.57 Å². The molecule has 94 valence electrons. The number of esters is 1. The van der Waals surface area contributed by atoms with E-state index in [4.69, 9.17) is 9.47 Å². The summed E-state index contributed by atoms with van der Waals surface area (Å²) in [7, 11) is 0. The topological polar surface area (TPSA) is 52.6 Å². The van der Waals surface area contributed by atoms with Crippen LogP contribution in [-0.2, 0) is 19.1 Å². The zero-order chi connectivity index (χ0) is 13.0. The van der Waals surface area contributed by atoms with E-state index in [1.807, 2.05) is 13.8 Å². The highest BCUT2D eigenvalue weighted by Crippen LogP contribution is 2.23. The summed E-state index contributed by atoms with van der Waals surface area (Å²) < 4.78 is 10.3. The SMILES string of the molecule is CCOC(=O)C1=C(C=C(C)C)OCC(C)C1=O. The maximum atomic E-state index is 12.0. The van der Waals surface area contributed by atoms with Crippen LogP contribution >= 0.6 is 0 Å². The van der Waals surface area contributed by atoms with Gasteiger partial charge in [-0.15, -0.1) is 0 Å². The van der Waals surface area contributed by atoms with Crippen LogP contribution in [0, 0.1) is 5.92 Å². The average Bonchev–Trinajstić information content (AvgIpc) is 2.23. The lowest BCUT2D eigenvalue weighted by Gasteiger charge is -2.22. The van der Waals surface area contributed by atoms with Crippen molar-refractivity contribution in [2.75, 3.05) is 13.2 Å². The first-order chi connectivity index (χ1) is 7.97. The summed E-state index contributed by atoms with van der Waals surface area (Å²) in [5, 5.41) is 0. The normalized spacial score (nSPS) is 19.8. The van der Waals surface area contributed by atoms with Crippen molar-refractivity contribution < 1.29 is 19.1 Å². The van der Waals surface area contributed by atoms with E-state index in [-0.39, 0.29) is 23.9 Å². The van der Waals surface area contributed by atoms with Crippen LogP contribution in [0.5, 0.6) is 0 Å². The molecule has 1 rings (SSSR count). The molecule has 0 aliphatic carbocycles. The van der Waals surface area contributed by atoms with Crippen LogP contribution in [0.3, 0.4) is 0 Å². The monoisotopic (exact) mass is 238 g/mol. The first kappa shape index (κ1) is 13.5. The highest BCUT2D eigenvalue weighted by atomic mass is 16.5. The molecular formula is C13H18O4. The average molecular weight is 238 g/mol. The van der Waals surface area contributed by atoms with Crippen molar-refractivity contribution in [1.29, 1.82) is 0 Å². The Morgan fingerprint density at radius 1 is 1.53 bits per heavy atom. The van der Waals surface area contributed by atoms with Crippen molar-refractivity contribution in [3.8, 4) is 0 Å². The van der Waals surface area contributed by atoms with Crippen LogP contribution in [0.2, 0.25) is 0 Å². The lowest BCUT2D eigenvalue weighted by atomic mass is 9.96. The number of carbonyl (C=O) groups excluding carboxylic acids is 2. The number of Topliss-reactive ketones (excluding diaryl/α,β-unsaturated/α-hetero) is 1. The van der Waals surface area contributed by atoms with Gasteiger partial charge in [-0.3, -0.25) is 4.79 Å². The summed E-state index contributed by atoms with van der Waals surface area (Å²) in [6, 6.07) is 0. The van der Waals surface area contributed by atoms with Crippen molar-refractivity contribution in [3.63, 3.8) is 0 Å². The maximum absolute atomic E-state index is 12.0. The molecule has 17 heavy (non-hydrogen) atoms. The van der Waals surface area contributed by atoms with Gasteiger partial charge in [0.15, 0.2) is 5.78 Å². The Kier molecular flexibility index (Phi) is 4.49. The summed E-state index contributed by atoms with van der Waals surface area (Å²) >= 11 is 0. The van der Waals surface area contributed by atoms with E-state index in [1.165, 1.54) is 0 Å². The molecule has 0 bridgehead atoms. The van der Waals surface area contributed by atoms with Gasteiger partial charge < -0.3 is 9.47 Å². The van der Waals surface area contributed by atoms with Crippen molar-refractivity contribution in [1.82, 2.24) is 0 Å². The van der Waals surface area contributed by atoms with E-state index in [0.29, 0.717) is 12.4 Å². The van der Waals surface area contributed by atoms with E-state index < -0.39 is 5.97 Å². The second kappa shape index (κ2) is 5.66. The van der Waals surface area contributed by atoms with Gasteiger partial charge in [-0.25, -0.2) is 4.79 Å². The van der Waals surface area contributed by atoms with Gasteiger partial charge in [-0.05, 0) is 26.8 Å². The molecular weight excluding hydrogens is 220 g/mol. The standard InChI is InChI=1S/C13H18O4/c1-5-16-13(15)11-10(6-8(2)3)17-7-9(4)12(11)14/h6,9H,5,7H2,1-4H3. The van der Waals surface area contributed by atoms with Crippen molar-refractivity contribution in [3.05, 3.63) is 23.0 Å². The molecule has 0 amide bonds. The van der Waals surface area contributed by atoms with E-state index in [1.54, 1.807) is 19.9 Å². The molecule has 1 unspecified atom stereocenters. The molecule has 0 saturated carbocycles. The number of carbonyl (C=O) groups is 2. The van der Waals surface area contributed by atoms with Crippen LogP contribution in [0.25, 0.3) is 0 Å². The maximum Gasteiger partial charge on any atom is 0.345 e. The molecule has 0 fully saturated rings.